The third kappa shape index (κ3) is 5.73. The minimum atomic E-state index is -1.71. The van der Waals surface area contributed by atoms with E-state index in [0.29, 0.717) is 23.3 Å². The minimum Gasteiger partial charge on any atom is -0.507 e. The molecule has 0 aliphatic rings. The van der Waals surface area contributed by atoms with Gasteiger partial charge in [-0.25, -0.2) is 4.98 Å². The van der Waals surface area contributed by atoms with Crippen LogP contribution in [0.2, 0.25) is 19.6 Å². The predicted octanol–water partition coefficient (Wildman–Crippen LogP) is 9.84. The summed E-state index contributed by atoms with van der Waals surface area (Å²) >= 11 is 0. The highest BCUT2D eigenvalue weighted by atomic mass is 28.3. The van der Waals surface area contributed by atoms with E-state index in [4.69, 9.17) is 9.40 Å². The molecular weight excluding hydrogens is 520 g/mol. The molecule has 0 bridgehead atoms. The maximum absolute atomic E-state index is 11.4. The van der Waals surface area contributed by atoms with E-state index in [2.05, 4.69) is 109 Å². The van der Waals surface area contributed by atoms with Crippen molar-refractivity contribution in [3.8, 4) is 39.6 Å². The lowest BCUT2D eigenvalue weighted by molar-refractivity contribution is 0.463. The lowest BCUT2D eigenvalue weighted by Crippen LogP contribution is -2.37. The molecule has 212 valence electrons. The first-order chi connectivity index (χ1) is 19.3. The Bertz CT molecular complexity index is 1710. The summed E-state index contributed by atoms with van der Waals surface area (Å²) in [4.78, 5) is 9.74. The molecule has 0 aliphatic carbocycles. The SMILES string of the molecule is CC(C)c1cc(-c2ccccn2)cc(-c2cc([Si](C)(C)C)cc3oc(-c4cc(C(C)C)cc(C(C)C)c4O)nc23)c1. The monoisotopic (exact) mass is 562 g/mol. The molecule has 0 atom stereocenters. The molecule has 1 N–H and O–H groups in total. The van der Waals surface area contributed by atoms with Crippen molar-refractivity contribution in [1.82, 2.24) is 9.97 Å². The van der Waals surface area contributed by atoms with Crippen molar-refractivity contribution in [2.45, 2.75) is 78.9 Å². The maximum atomic E-state index is 11.4. The number of aromatic hydroxyl groups is 1. The van der Waals surface area contributed by atoms with Gasteiger partial charge in [0.15, 0.2) is 5.58 Å². The third-order valence-electron chi connectivity index (χ3n) is 7.94. The van der Waals surface area contributed by atoms with Crippen LogP contribution in [0.3, 0.4) is 0 Å². The number of rotatable bonds is 7. The number of phenols is 1. The second-order valence-electron chi connectivity index (χ2n) is 13.2. The number of benzene rings is 3. The van der Waals surface area contributed by atoms with Crippen molar-refractivity contribution in [3.05, 3.63) is 83.6 Å². The number of pyridine rings is 1. The summed E-state index contributed by atoms with van der Waals surface area (Å²) in [5.74, 6) is 1.55. The van der Waals surface area contributed by atoms with Crippen LogP contribution in [-0.4, -0.2) is 23.1 Å². The Morgan fingerprint density at radius 2 is 1.41 bits per heavy atom. The summed E-state index contributed by atoms with van der Waals surface area (Å²) < 4.78 is 6.53. The smallest absolute Gasteiger partial charge is 0.231 e. The molecule has 0 saturated heterocycles. The zero-order valence-electron chi connectivity index (χ0n) is 25.8. The quantitative estimate of drug-likeness (QED) is 0.201. The summed E-state index contributed by atoms with van der Waals surface area (Å²) in [6.07, 6.45) is 1.84. The van der Waals surface area contributed by atoms with Crippen LogP contribution in [0.15, 0.2) is 71.3 Å². The zero-order valence-corrected chi connectivity index (χ0v) is 26.8. The van der Waals surface area contributed by atoms with Crippen LogP contribution in [0.5, 0.6) is 5.75 Å². The first-order valence-corrected chi connectivity index (χ1v) is 18.2. The normalized spacial score (nSPS) is 12.3. The summed E-state index contributed by atoms with van der Waals surface area (Å²) in [5, 5.41) is 12.7. The van der Waals surface area contributed by atoms with Crippen molar-refractivity contribution >= 4 is 24.4 Å². The molecule has 0 amide bonds. The van der Waals surface area contributed by atoms with E-state index in [-0.39, 0.29) is 11.7 Å². The lowest BCUT2D eigenvalue weighted by Gasteiger charge is -2.19. The van der Waals surface area contributed by atoms with Gasteiger partial charge in [0.25, 0.3) is 0 Å². The van der Waals surface area contributed by atoms with Gasteiger partial charge in [-0.2, -0.15) is 0 Å². The summed E-state index contributed by atoms with van der Waals surface area (Å²) in [6, 6.07) is 21.4. The Labute approximate surface area is 245 Å². The molecular formula is C36H42N2O2Si. The molecule has 5 aromatic rings. The van der Waals surface area contributed by atoms with Crippen LogP contribution in [0, 0.1) is 0 Å². The van der Waals surface area contributed by atoms with Crippen molar-refractivity contribution in [3.63, 3.8) is 0 Å². The maximum Gasteiger partial charge on any atom is 0.231 e. The zero-order chi connectivity index (χ0) is 29.6. The van der Waals surface area contributed by atoms with Crippen LogP contribution in [-0.2, 0) is 0 Å². The van der Waals surface area contributed by atoms with Crippen molar-refractivity contribution in [2.75, 3.05) is 0 Å². The van der Waals surface area contributed by atoms with Crippen molar-refractivity contribution in [2.24, 2.45) is 0 Å². The molecule has 0 radical (unpaired) electrons. The van der Waals surface area contributed by atoms with Gasteiger partial charge in [-0.15, -0.1) is 0 Å². The molecule has 3 aromatic carbocycles. The number of fused-ring (bicyclic) bond motifs is 1. The Morgan fingerprint density at radius 3 is 2.02 bits per heavy atom. The lowest BCUT2D eigenvalue weighted by atomic mass is 9.92. The molecule has 2 aromatic heterocycles. The molecule has 41 heavy (non-hydrogen) atoms. The molecule has 5 heteroatoms. The highest BCUT2D eigenvalue weighted by Gasteiger charge is 2.25. The molecule has 0 spiro atoms. The molecule has 0 aliphatic heterocycles. The first kappa shape index (κ1) is 28.8. The first-order valence-electron chi connectivity index (χ1n) is 14.7. The highest BCUT2D eigenvalue weighted by molar-refractivity contribution is 6.88. The van der Waals surface area contributed by atoms with Crippen LogP contribution in [0.25, 0.3) is 44.9 Å². The van der Waals surface area contributed by atoms with Crippen LogP contribution < -0.4 is 5.19 Å². The Morgan fingerprint density at radius 1 is 0.732 bits per heavy atom. The number of hydrogen-bond donors (Lipinski definition) is 1. The minimum absolute atomic E-state index is 0.176. The van der Waals surface area contributed by atoms with E-state index in [9.17, 15) is 5.11 Å². The molecule has 0 saturated carbocycles. The van der Waals surface area contributed by atoms with Gasteiger partial charge in [-0.05, 0) is 76.4 Å². The van der Waals surface area contributed by atoms with Crippen LogP contribution >= 0.6 is 0 Å². The fourth-order valence-electron chi connectivity index (χ4n) is 5.24. The van der Waals surface area contributed by atoms with E-state index < -0.39 is 8.07 Å². The van der Waals surface area contributed by atoms with Gasteiger partial charge in [0.05, 0.1) is 19.3 Å². The van der Waals surface area contributed by atoms with Gasteiger partial charge in [0.2, 0.25) is 5.89 Å². The molecule has 5 rings (SSSR count). The average molecular weight is 563 g/mol. The van der Waals surface area contributed by atoms with Crippen molar-refractivity contribution in [1.29, 1.82) is 0 Å². The second-order valence-corrected chi connectivity index (χ2v) is 18.2. The second kappa shape index (κ2) is 10.9. The summed E-state index contributed by atoms with van der Waals surface area (Å²) in [7, 11) is -1.71. The summed E-state index contributed by atoms with van der Waals surface area (Å²) in [6.45, 7) is 20.1. The number of nitrogens with zero attached hydrogens (tertiary/aromatic N) is 2. The molecule has 0 unspecified atom stereocenters. The van der Waals surface area contributed by atoms with Gasteiger partial charge >= 0.3 is 0 Å². The predicted molar refractivity (Wildman–Crippen MR) is 175 cm³/mol. The van der Waals surface area contributed by atoms with Crippen LogP contribution in [0.1, 0.15) is 76.0 Å². The van der Waals surface area contributed by atoms with Gasteiger partial charge in [-0.1, -0.05) is 90.6 Å². The van der Waals surface area contributed by atoms with E-state index in [1.54, 1.807) is 0 Å². The van der Waals surface area contributed by atoms with E-state index in [0.717, 1.165) is 44.6 Å². The van der Waals surface area contributed by atoms with E-state index >= 15 is 0 Å². The fourth-order valence-corrected chi connectivity index (χ4v) is 6.38. The number of phenolic OH excluding ortho intramolecular Hbond substituents is 1. The highest BCUT2D eigenvalue weighted by Crippen LogP contribution is 2.41. The molecule has 2 heterocycles. The van der Waals surface area contributed by atoms with Gasteiger partial charge in [-0.3, -0.25) is 4.98 Å². The van der Waals surface area contributed by atoms with Gasteiger partial charge < -0.3 is 9.52 Å². The van der Waals surface area contributed by atoms with Crippen molar-refractivity contribution < 1.29 is 9.52 Å². The van der Waals surface area contributed by atoms with Gasteiger partial charge in [0, 0.05) is 17.3 Å². The number of aromatic nitrogens is 2. The van der Waals surface area contributed by atoms with Gasteiger partial charge in [0.1, 0.15) is 11.3 Å². The molecule has 4 nitrogen and oxygen atoms in total. The standard InChI is InChI=1S/C36H42N2O2Si/c1-21(2)24-14-26(16-27(15-24)32-12-10-11-13-37-32)30-19-28(41(7,8)9)20-33-34(30)38-36(40-33)31-18-25(22(3)4)17-29(23(5)6)35(31)39/h10-23,39H,1-9H3. The third-order valence-corrected chi connectivity index (χ3v) is 9.96. The van der Waals surface area contributed by atoms with Crippen LogP contribution in [0.4, 0.5) is 0 Å². The number of hydrogen-bond acceptors (Lipinski definition) is 4. The fraction of sp³-hybridized carbons (Fsp3) is 0.333. The largest absolute Gasteiger partial charge is 0.507 e. The van der Waals surface area contributed by atoms with E-state index in [1.165, 1.54) is 10.8 Å². The Hall–Kier alpha value is -3.70. The average Bonchev–Trinajstić information content (AvgIpc) is 3.36. The molecule has 0 fully saturated rings. The Balaban J connectivity index is 1.80. The topological polar surface area (TPSA) is 59.2 Å². The number of oxazole rings is 1. The van der Waals surface area contributed by atoms with E-state index in [1.807, 2.05) is 24.4 Å². The Kier molecular flexibility index (Phi) is 7.69. The summed E-state index contributed by atoms with van der Waals surface area (Å²) in [5.41, 5.74) is 9.75.